The summed E-state index contributed by atoms with van der Waals surface area (Å²) in [7, 11) is 0. The Bertz CT molecular complexity index is 1280. The van der Waals surface area contributed by atoms with Crippen LogP contribution < -0.4 is 5.32 Å². The first kappa shape index (κ1) is 25.9. The number of piperidine rings is 1. The first-order valence-electron chi connectivity index (χ1n) is 12.8. The van der Waals surface area contributed by atoms with E-state index in [2.05, 4.69) is 24.4 Å². The van der Waals surface area contributed by atoms with Crippen molar-refractivity contribution in [2.24, 2.45) is 11.8 Å². The summed E-state index contributed by atoms with van der Waals surface area (Å²) in [6.45, 7) is 2.71. The van der Waals surface area contributed by atoms with E-state index in [-0.39, 0.29) is 60.2 Å². The number of carbonyl (C=O) groups excluding carboxylic acids is 2. The maximum atomic E-state index is 14.0. The van der Waals surface area contributed by atoms with Gasteiger partial charge in [0.25, 0.3) is 11.8 Å². The van der Waals surface area contributed by atoms with Crippen LogP contribution in [0.3, 0.4) is 0 Å². The van der Waals surface area contributed by atoms with Crippen molar-refractivity contribution in [3.8, 4) is 0 Å². The minimum Gasteiger partial charge on any atom is -0.507 e. The SMILES string of the molecule is C[C@H]1CC(Cc2ccccc2)C2CN3/C=C(/C(=O)NCc4ccc(F)cc4F)COC/C(O)=C\3C(=O)N2C1. The van der Waals surface area contributed by atoms with Gasteiger partial charge in [0.15, 0.2) is 0 Å². The highest BCUT2D eigenvalue weighted by Crippen LogP contribution is 2.36. The number of halogens is 2. The van der Waals surface area contributed by atoms with E-state index in [0.29, 0.717) is 19.0 Å². The molecular weight excluding hydrogens is 492 g/mol. The van der Waals surface area contributed by atoms with E-state index in [1.54, 1.807) is 11.1 Å². The van der Waals surface area contributed by atoms with Crippen molar-refractivity contribution in [3.63, 3.8) is 0 Å². The standard InChI is InChI=1S/C29H31F2N3O4/c1-18-9-21(10-19-5-3-2-4-6-19)25-15-33-14-22(16-38-17-26(35)27(33)29(37)34(25)13-18)28(36)32-12-20-7-8-23(30)11-24(20)31/h2-8,11,14,18,21,25,35H,9-10,12-13,15-17H2,1H3,(H,32,36)/b22-14+,27-26+/t18-,21?,25?/m0/s1. The summed E-state index contributed by atoms with van der Waals surface area (Å²) in [6.07, 6.45) is 3.33. The Hall–Kier alpha value is -3.72. The van der Waals surface area contributed by atoms with Crippen LogP contribution in [0.5, 0.6) is 0 Å². The number of aliphatic hydroxyl groups excluding tert-OH is 1. The third-order valence-electron chi connectivity index (χ3n) is 7.46. The number of piperazine rings is 1. The van der Waals surface area contributed by atoms with Crippen molar-refractivity contribution in [1.29, 1.82) is 0 Å². The van der Waals surface area contributed by atoms with Crippen molar-refractivity contribution in [3.05, 3.63) is 94.5 Å². The highest BCUT2D eigenvalue weighted by Gasteiger charge is 2.45. The fourth-order valence-corrected chi connectivity index (χ4v) is 5.68. The summed E-state index contributed by atoms with van der Waals surface area (Å²) < 4.78 is 32.8. The molecule has 38 heavy (non-hydrogen) atoms. The van der Waals surface area contributed by atoms with Crippen molar-refractivity contribution in [2.75, 3.05) is 26.3 Å². The van der Waals surface area contributed by atoms with Crippen molar-refractivity contribution in [1.82, 2.24) is 15.1 Å². The largest absolute Gasteiger partial charge is 0.507 e. The molecule has 2 N–H and O–H groups in total. The smallest absolute Gasteiger partial charge is 0.274 e. The van der Waals surface area contributed by atoms with Gasteiger partial charge in [0, 0.05) is 37.5 Å². The minimum absolute atomic E-state index is 0.0929. The summed E-state index contributed by atoms with van der Waals surface area (Å²) in [5.74, 6) is -1.87. The fourth-order valence-electron chi connectivity index (χ4n) is 5.68. The van der Waals surface area contributed by atoms with Crippen LogP contribution in [0.4, 0.5) is 8.78 Å². The molecule has 3 aliphatic heterocycles. The molecule has 2 aromatic rings. The van der Waals surface area contributed by atoms with Crippen LogP contribution in [0.25, 0.3) is 0 Å². The number of aliphatic hydroxyl groups is 1. The number of carbonyl (C=O) groups is 2. The summed E-state index contributed by atoms with van der Waals surface area (Å²) in [4.78, 5) is 30.2. The molecule has 7 nitrogen and oxygen atoms in total. The van der Waals surface area contributed by atoms with E-state index in [0.717, 1.165) is 25.0 Å². The molecule has 0 bridgehead atoms. The Kier molecular flexibility index (Phi) is 7.46. The van der Waals surface area contributed by atoms with Gasteiger partial charge in [-0.3, -0.25) is 9.59 Å². The van der Waals surface area contributed by atoms with Crippen LogP contribution in [0, 0.1) is 23.5 Å². The van der Waals surface area contributed by atoms with Crippen LogP contribution in [0.1, 0.15) is 24.5 Å². The monoisotopic (exact) mass is 523 g/mol. The normalized spacial score (nSPS) is 27.0. The molecule has 2 saturated heterocycles. The summed E-state index contributed by atoms with van der Waals surface area (Å²) in [5, 5.41) is 13.4. The number of nitrogens with one attached hydrogen (secondary N) is 1. The number of rotatable bonds is 5. The van der Waals surface area contributed by atoms with Gasteiger partial charge < -0.3 is 25.0 Å². The summed E-state index contributed by atoms with van der Waals surface area (Å²) >= 11 is 0. The molecule has 2 aromatic carbocycles. The molecule has 0 aromatic heterocycles. The number of nitrogens with zero attached hydrogens (tertiary/aromatic N) is 2. The lowest BCUT2D eigenvalue weighted by atomic mass is 9.78. The van der Waals surface area contributed by atoms with Crippen molar-refractivity contribution >= 4 is 11.8 Å². The molecule has 3 aliphatic rings. The molecule has 2 amide bonds. The van der Waals surface area contributed by atoms with Crippen LogP contribution in [-0.2, 0) is 27.3 Å². The predicted molar refractivity (Wildman–Crippen MR) is 136 cm³/mol. The van der Waals surface area contributed by atoms with Gasteiger partial charge in [0.2, 0.25) is 0 Å². The van der Waals surface area contributed by atoms with Gasteiger partial charge in [-0.05, 0) is 36.3 Å². The number of ether oxygens (including phenoxy) is 1. The Labute approximate surface area is 220 Å². The van der Waals surface area contributed by atoms with Gasteiger partial charge in [0.05, 0.1) is 18.2 Å². The molecule has 3 heterocycles. The second-order valence-electron chi connectivity index (χ2n) is 10.3. The molecule has 9 heteroatoms. The van der Waals surface area contributed by atoms with Gasteiger partial charge in [0.1, 0.15) is 29.7 Å². The number of fused-ring (bicyclic) bond motifs is 2. The fraction of sp³-hybridized carbons (Fsp3) is 0.379. The van der Waals surface area contributed by atoms with E-state index in [4.69, 9.17) is 4.74 Å². The summed E-state index contributed by atoms with van der Waals surface area (Å²) in [6, 6.07) is 13.3. The van der Waals surface area contributed by atoms with Crippen LogP contribution >= 0.6 is 0 Å². The molecule has 3 atom stereocenters. The predicted octanol–water partition coefficient (Wildman–Crippen LogP) is 3.68. The first-order chi connectivity index (χ1) is 18.3. The Balaban J connectivity index is 1.39. The molecule has 200 valence electrons. The quantitative estimate of drug-likeness (QED) is 0.625. The summed E-state index contributed by atoms with van der Waals surface area (Å²) in [5.41, 5.74) is 1.70. The molecular formula is C29H31F2N3O4. The molecule has 0 spiro atoms. The van der Waals surface area contributed by atoms with Gasteiger partial charge in [-0.2, -0.15) is 0 Å². The van der Waals surface area contributed by atoms with E-state index < -0.39 is 17.5 Å². The Morgan fingerprint density at radius 3 is 2.68 bits per heavy atom. The first-order valence-corrected chi connectivity index (χ1v) is 12.8. The van der Waals surface area contributed by atoms with Gasteiger partial charge >= 0.3 is 0 Å². The number of hydrogen-bond acceptors (Lipinski definition) is 5. The lowest BCUT2D eigenvalue weighted by molar-refractivity contribution is -0.140. The molecule has 2 unspecified atom stereocenters. The third kappa shape index (κ3) is 5.43. The molecule has 2 fully saturated rings. The highest BCUT2D eigenvalue weighted by molar-refractivity contribution is 5.96. The second kappa shape index (κ2) is 10.9. The molecule has 0 aliphatic carbocycles. The number of hydrogen-bond donors (Lipinski definition) is 2. The zero-order valence-electron chi connectivity index (χ0n) is 21.2. The van der Waals surface area contributed by atoms with E-state index in [9.17, 15) is 23.5 Å². The Morgan fingerprint density at radius 2 is 1.92 bits per heavy atom. The van der Waals surface area contributed by atoms with Crippen molar-refractivity contribution in [2.45, 2.75) is 32.4 Å². The average molecular weight is 524 g/mol. The lowest BCUT2D eigenvalue weighted by Gasteiger charge is -2.50. The number of amides is 2. The average Bonchev–Trinajstić information content (AvgIpc) is 2.87. The molecule has 0 radical (unpaired) electrons. The Morgan fingerprint density at radius 1 is 1.13 bits per heavy atom. The van der Waals surface area contributed by atoms with E-state index in [1.165, 1.54) is 11.6 Å². The molecule has 0 saturated carbocycles. The maximum Gasteiger partial charge on any atom is 0.274 e. The lowest BCUT2D eigenvalue weighted by Crippen LogP contribution is -2.61. The van der Waals surface area contributed by atoms with Crippen molar-refractivity contribution < 1.29 is 28.2 Å². The zero-order valence-corrected chi connectivity index (χ0v) is 21.2. The van der Waals surface area contributed by atoms with E-state index >= 15 is 0 Å². The van der Waals surface area contributed by atoms with Gasteiger partial charge in [-0.25, -0.2) is 8.78 Å². The topological polar surface area (TPSA) is 82.1 Å². The highest BCUT2D eigenvalue weighted by atomic mass is 19.1. The second-order valence-corrected chi connectivity index (χ2v) is 10.3. The number of benzene rings is 2. The maximum absolute atomic E-state index is 14.0. The van der Waals surface area contributed by atoms with Crippen LogP contribution in [0.15, 0.2) is 71.8 Å². The third-order valence-corrected chi connectivity index (χ3v) is 7.46. The van der Waals surface area contributed by atoms with E-state index in [1.807, 2.05) is 23.1 Å². The molecule has 5 rings (SSSR count). The van der Waals surface area contributed by atoms with Crippen LogP contribution in [0.2, 0.25) is 0 Å². The minimum atomic E-state index is -0.749. The van der Waals surface area contributed by atoms with Crippen LogP contribution in [-0.4, -0.2) is 59.1 Å². The van der Waals surface area contributed by atoms with Gasteiger partial charge in [-0.15, -0.1) is 0 Å². The van der Waals surface area contributed by atoms with Gasteiger partial charge in [-0.1, -0.05) is 43.3 Å². The zero-order chi connectivity index (χ0) is 26.8.